The number of piperidine rings is 1. The molecule has 0 amide bonds. The molecule has 0 saturated carbocycles. The molecule has 0 radical (unpaired) electrons. The quantitative estimate of drug-likeness (QED) is 0.829. The summed E-state index contributed by atoms with van der Waals surface area (Å²) in [5.41, 5.74) is 6.86. The summed E-state index contributed by atoms with van der Waals surface area (Å²) in [4.78, 5) is 6.70. The van der Waals surface area contributed by atoms with Crippen molar-refractivity contribution < 1.29 is 5.11 Å². The zero-order valence-corrected chi connectivity index (χ0v) is 10.3. The number of hydrogen-bond acceptors (Lipinski definition) is 4. The van der Waals surface area contributed by atoms with E-state index in [-0.39, 0.29) is 12.6 Å². The minimum Gasteiger partial charge on any atom is -0.396 e. The van der Waals surface area contributed by atoms with Gasteiger partial charge < -0.3 is 15.7 Å². The molecule has 0 spiro atoms. The summed E-state index contributed by atoms with van der Waals surface area (Å²) in [5.74, 6) is 1.38. The Morgan fingerprint density at radius 2 is 2.41 bits per heavy atom. The van der Waals surface area contributed by atoms with E-state index in [0.29, 0.717) is 5.92 Å². The second-order valence-electron chi connectivity index (χ2n) is 4.88. The van der Waals surface area contributed by atoms with Crippen LogP contribution in [0.5, 0.6) is 0 Å². The fourth-order valence-corrected chi connectivity index (χ4v) is 2.28. The standard InChI is InChI=1S/C13H21N3O/c1-10(14)12-4-5-13(15-7-12)16-6-2-3-11(8-16)9-17/h4-5,7,10-11,17H,2-3,6,8-9,14H2,1H3/t10-,11?/m0/s1. The van der Waals surface area contributed by atoms with Crippen molar-refractivity contribution in [3.05, 3.63) is 23.9 Å². The molecule has 0 aromatic carbocycles. The summed E-state index contributed by atoms with van der Waals surface area (Å²) in [7, 11) is 0. The predicted octanol–water partition coefficient (Wildman–Crippen LogP) is 1.31. The number of aliphatic hydroxyl groups is 1. The molecular formula is C13H21N3O. The van der Waals surface area contributed by atoms with Gasteiger partial charge in [0.05, 0.1) is 0 Å². The zero-order chi connectivity index (χ0) is 12.3. The highest BCUT2D eigenvalue weighted by Gasteiger charge is 2.20. The Kier molecular flexibility index (Phi) is 3.97. The van der Waals surface area contributed by atoms with Gasteiger partial charge in [-0.15, -0.1) is 0 Å². The van der Waals surface area contributed by atoms with E-state index in [2.05, 4.69) is 9.88 Å². The van der Waals surface area contributed by atoms with Gasteiger partial charge in [0, 0.05) is 31.9 Å². The summed E-state index contributed by atoms with van der Waals surface area (Å²) in [5, 5.41) is 9.21. The molecule has 0 aliphatic carbocycles. The van der Waals surface area contributed by atoms with Crippen LogP contribution >= 0.6 is 0 Å². The van der Waals surface area contributed by atoms with E-state index in [4.69, 9.17) is 5.73 Å². The highest BCUT2D eigenvalue weighted by atomic mass is 16.3. The Morgan fingerprint density at radius 3 is 3.00 bits per heavy atom. The van der Waals surface area contributed by atoms with Crippen molar-refractivity contribution in [1.29, 1.82) is 0 Å². The van der Waals surface area contributed by atoms with Gasteiger partial charge in [-0.3, -0.25) is 0 Å². The highest BCUT2D eigenvalue weighted by Crippen LogP contribution is 2.22. The van der Waals surface area contributed by atoms with Crippen LogP contribution in [0.25, 0.3) is 0 Å². The highest BCUT2D eigenvalue weighted by molar-refractivity contribution is 5.40. The van der Waals surface area contributed by atoms with Crippen molar-refractivity contribution in [2.45, 2.75) is 25.8 Å². The molecule has 4 heteroatoms. The molecule has 1 saturated heterocycles. The molecule has 1 aromatic heterocycles. The molecule has 2 rings (SSSR count). The Bertz CT molecular complexity index is 350. The van der Waals surface area contributed by atoms with Crippen LogP contribution in [0.1, 0.15) is 31.4 Å². The van der Waals surface area contributed by atoms with Gasteiger partial charge in [-0.05, 0) is 37.3 Å². The van der Waals surface area contributed by atoms with Crippen LogP contribution in [0.15, 0.2) is 18.3 Å². The maximum absolute atomic E-state index is 9.21. The van der Waals surface area contributed by atoms with Crippen molar-refractivity contribution in [3.63, 3.8) is 0 Å². The smallest absolute Gasteiger partial charge is 0.128 e. The van der Waals surface area contributed by atoms with Crippen molar-refractivity contribution in [3.8, 4) is 0 Å². The number of nitrogens with zero attached hydrogens (tertiary/aromatic N) is 2. The van der Waals surface area contributed by atoms with Crippen molar-refractivity contribution in [1.82, 2.24) is 4.98 Å². The molecule has 1 aliphatic heterocycles. The van der Waals surface area contributed by atoms with Crippen LogP contribution in [0, 0.1) is 5.92 Å². The summed E-state index contributed by atoms with van der Waals surface area (Å²) >= 11 is 0. The van der Waals surface area contributed by atoms with Crippen LogP contribution in [0.2, 0.25) is 0 Å². The first-order valence-electron chi connectivity index (χ1n) is 6.28. The monoisotopic (exact) mass is 235 g/mol. The van der Waals surface area contributed by atoms with Gasteiger partial charge in [-0.2, -0.15) is 0 Å². The summed E-state index contributed by atoms with van der Waals surface area (Å²) in [6, 6.07) is 4.09. The van der Waals surface area contributed by atoms with Crippen LogP contribution < -0.4 is 10.6 Å². The molecule has 1 unspecified atom stereocenters. The Hall–Kier alpha value is -1.13. The second kappa shape index (κ2) is 5.47. The average Bonchev–Trinajstić information content (AvgIpc) is 2.39. The van der Waals surface area contributed by atoms with Gasteiger partial charge in [0.25, 0.3) is 0 Å². The third kappa shape index (κ3) is 2.96. The largest absolute Gasteiger partial charge is 0.396 e. The number of anilines is 1. The first kappa shape index (κ1) is 12.3. The second-order valence-corrected chi connectivity index (χ2v) is 4.88. The minimum atomic E-state index is 0.0306. The molecule has 1 fully saturated rings. The third-order valence-electron chi connectivity index (χ3n) is 3.40. The molecule has 1 aliphatic rings. The third-order valence-corrected chi connectivity index (χ3v) is 3.40. The van der Waals surface area contributed by atoms with Crippen LogP contribution in [-0.4, -0.2) is 29.8 Å². The number of aromatic nitrogens is 1. The van der Waals surface area contributed by atoms with Gasteiger partial charge in [0.2, 0.25) is 0 Å². The molecule has 1 aromatic rings. The average molecular weight is 235 g/mol. The normalized spacial score (nSPS) is 22.5. The molecule has 94 valence electrons. The van der Waals surface area contributed by atoms with E-state index in [1.54, 1.807) is 0 Å². The molecule has 2 heterocycles. The van der Waals surface area contributed by atoms with Crippen LogP contribution in [-0.2, 0) is 0 Å². The van der Waals surface area contributed by atoms with E-state index in [0.717, 1.165) is 37.3 Å². The van der Waals surface area contributed by atoms with E-state index in [9.17, 15) is 5.11 Å². The van der Waals surface area contributed by atoms with E-state index in [1.807, 2.05) is 25.3 Å². The number of rotatable bonds is 3. The molecule has 2 atom stereocenters. The molecule has 4 nitrogen and oxygen atoms in total. The first-order valence-corrected chi connectivity index (χ1v) is 6.28. The van der Waals surface area contributed by atoms with Gasteiger partial charge in [-0.1, -0.05) is 6.07 Å². The van der Waals surface area contributed by atoms with Gasteiger partial charge in [0.15, 0.2) is 0 Å². The number of aliphatic hydroxyl groups excluding tert-OH is 1. The van der Waals surface area contributed by atoms with Crippen LogP contribution in [0.4, 0.5) is 5.82 Å². The summed E-state index contributed by atoms with van der Waals surface area (Å²) < 4.78 is 0. The van der Waals surface area contributed by atoms with Crippen molar-refractivity contribution in [2.24, 2.45) is 11.7 Å². The Morgan fingerprint density at radius 1 is 1.59 bits per heavy atom. The van der Waals surface area contributed by atoms with Crippen LogP contribution in [0.3, 0.4) is 0 Å². The maximum atomic E-state index is 9.21. The zero-order valence-electron chi connectivity index (χ0n) is 10.3. The molecular weight excluding hydrogens is 214 g/mol. The van der Waals surface area contributed by atoms with Gasteiger partial charge in [-0.25, -0.2) is 4.98 Å². The molecule has 3 N–H and O–H groups in total. The number of hydrogen-bond donors (Lipinski definition) is 2. The van der Waals surface area contributed by atoms with Gasteiger partial charge in [0.1, 0.15) is 5.82 Å². The number of pyridine rings is 1. The van der Waals surface area contributed by atoms with E-state index < -0.39 is 0 Å². The first-order chi connectivity index (χ1) is 8.20. The lowest BCUT2D eigenvalue weighted by molar-refractivity contribution is 0.208. The van der Waals surface area contributed by atoms with Gasteiger partial charge >= 0.3 is 0 Å². The Labute approximate surface area is 102 Å². The lowest BCUT2D eigenvalue weighted by atomic mass is 9.99. The predicted molar refractivity (Wildman–Crippen MR) is 68.9 cm³/mol. The van der Waals surface area contributed by atoms with Crippen molar-refractivity contribution in [2.75, 3.05) is 24.6 Å². The van der Waals surface area contributed by atoms with Crippen molar-refractivity contribution >= 4 is 5.82 Å². The fraction of sp³-hybridized carbons (Fsp3) is 0.615. The number of nitrogens with two attached hydrogens (primary N) is 1. The fourth-order valence-electron chi connectivity index (χ4n) is 2.28. The molecule has 17 heavy (non-hydrogen) atoms. The van der Waals surface area contributed by atoms with E-state index >= 15 is 0 Å². The lowest BCUT2D eigenvalue weighted by Crippen LogP contribution is -2.37. The topological polar surface area (TPSA) is 62.4 Å². The Balaban J connectivity index is 2.06. The summed E-state index contributed by atoms with van der Waals surface area (Å²) in [6.07, 6.45) is 4.09. The maximum Gasteiger partial charge on any atom is 0.128 e. The lowest BCUT2D eigenvalue weighted by Gasteiger charge is -2.32. The SMILES string of the molecule is C[C@H](N)c1ccc(N2CCCC(CO)C2)nc1. The minimum absolute atomic E-state index is 0.0306. The van der Waals surface area contributed by atoms with E-state index in [1.165, 1.54) is 0 Å². The summed E-state index contributed by atoms with van der Waals surface area (Å²) in [6.45, 7) is 4.16. The molecule has 0 bridgehead atoms.